The lowest BCUT2D eigenvalue weighted by Crippen LogP contribution is -2.33. The zero-order valence-corrected chi connectivity index (χ0v) is 4.36. The fraction of sp³-hybridized carbons (Fsp3) is 0.500. The number of hydrogen-bond acceptors (Lipinski definition) is 5. The Morgan fingerprint density at radius 2 is 2.11 bits per heavy atom. The first-order valence-corrected chi connectivity index (χ1v) is 2.29. The number of aliphatic hydroxyl groups excluding tert-OH is 1. The minimum atomic E-state index is -1.36. The van der Waals surface area contributed by atoms with E-state index in [4.69, 9.17) is 5.11 Å². The van der Waals surface area contributed by atoms with Gasteiger partial charge in [-0.1, -0.05) is 0 Å². The molecule has 0 unspecified atom stereocenters. The molecule has 0 bridgehead atoms. The van der Waals surface area contributed by atoms with E-state index < -0.39 is 18.0 Å². The fourth-order valence-electron chi connectivity index (χ4n) is 0.418. The van der Waals surface area contributed by atoms with Crippen molar-refractivity contribution >= 4 is 11.9 Å². The van der Waals surface area contributed by atoms with E-state index in [1.807, 2.05) is 0 Å². The highest BCUT2D eigenvalue weighted by Crippen LogP contribution is 2.04. The van der Waals surface area contributed by atoms with Gasteiger partial charge in [-0.05, 0) is 0 Å². The summed E-state index contributed by atoms with van der Waals surface area (Å²) in [4.78, 5) is 27.9. The van der Waals surface area contributed by atoms with Crippen LogP contribution in [-0.2, 0) is 19.4 Å². The summed E-state index contributed by atoms with van der Waals surface area (Å²) in [5.74, 6) is -1.66. The third-order valence-electron chi connectivity index (χ3n) is 0.849. The van der Waals surface area contributed by atoms with Gasteiger partial charge in [0.05, 0.1) is 6.42 Å². The van der Waals surface area contributed by atoms with Crippen LogP contribution in [-0.4, -0.2) is 23.1 Å². The zero-order valence-electron chi connectivity index (χ0n) is 4.36. The predicted octanol–water partition coefficient (Wildman–Crippen LogP) is -1.25. The van der Waals surface area contributed by atoms with Crippen molar-refractivity contribution in [2.24, 2.45) is 0 Å². The van der Waals surface area contributed by atoms with Crippen LogP contribution in [0.15, 0.2) is 0 Å². The Morgan fingerprint density at radius 3 is 2.56 bits per heavy atom. The van der Waals surface area contributed by atoms with E-state index in [0.717, 1.165) is 0 Å². The van der Waals surface area contributed by atoms with Crippen molar-refractivity contribution in [3.8, 4) is 0 Å². The molecule has 1 heterocycles. The van der Waals surface area contributed by atoms with Gasteiger partial charge in [-0.3, -0.25) is 0 Å². The summed E-state index contributed by atoms with van der Waals surface area (Å²) in [6, 6.07) is 0. The molecule has 1 aliphatic heterocycles. The van der Waals surface area contributed by atoms with Crippen LogP contribution in [0, 0.1) is 0 Å². The molecular weight excluding hydrogens is 128 g/mol. The number of hydrogen-bond donors (Lipinski definition) is 1. The van der Waals surface area contributed by atoms with Crippen LogP contribution < -0.4 is 0 Å². The van der Waals surface area contributed by atoms with Crippen molar-refractivity contribution < 1.29 is 24.5 Å². The molecule has 0 aromatic carbocycles. The maximum Gasteiger partial charge on any atom is 0.384 e. The number of rotatable bonds is 0. The molecule has 5 heteroatoms. The molecule has 1 fully saturated rings. The monoisotopic (exact) mass is 132 g/mol. The number of carbonyl (C=O) groups excluding carboxylic acids is 2. The fourth-order valence-corrected chi connectivity index (χ4v) is 0.418. The van der Waals surface area contributed by atoms with Crippen molar-refractivity contribution in [3.63, 3.8) is 0 Å². The molecule has 0 aromatic heterocycles. The maximum atomic E-state index is 10.2. The molecule has 0 aromatic rings. The van der Waals surface area contributed by atoms with Gasteiger partial charge in [-0.2, -0.15) is 0 Å². The van der Waals surface area contributed by atoms with Gasteiger partial charge in [-0.25, -0.2) is 19.4 Å². The molecule has 1 saturated heterocycles. The van der Waals surface area contributed by atoms with Crippen molar-refractivity contribution in [2.75, 3.05) is 0 Å². The predicted molar refractivity (Wildman–Crippen MR) is 22.8 cm³/mol. The first-order chi connectivity index (χ1) is 4.20. The normalized spacial score (nSPS) is 27.0. The molecule has 0 amide bonds. The van der Waals surface area contributed by atoms with Crippen molar-refractivity contribution in [2.45, 2.75) is 12.5 Å². The quantitative estimate of drug-likeness (QED) is 0.417. The Bertz CT molecular complexity index is 151. The van der Waals surface area contributed by atoms with E-state index >= 15 is 0 Å². The van der Waals surface area contributed by atoms with Crippen LogP contribution >= 0.6 is 0 Å². The molecule has 5 nitrogen and oxygen atoms in total. The Kier molecular flexibility index (Phi) is 1.35. The van der Waals surface area contributed by atoms with Gasteiger partial charge in [0.15, 0.2) is 6.10 Å². The summed E-state index contributed by atoms with van der Waals surface area (Å²) < 4.78 is 0. The number of carbonyl (C=O) groups is 2. The molecule has 0 radical (unpaired) electrons. The summed E-state index contributed by atoms with van der Waals surface area (Å²) in [6.07, 6.45) is -1.68. The van der Waals surface area contributed by atoms with E-state index in [2.05, 4.69) is 9.78 Å². The molecule has 0 aliphatic carbocycles. The van der Waals surface area contributed by atoms with Gasteiger partial charge >= 0.3 is 11.9 Å². The largest absolute Gasteiger partial charge is 0.384 e. The minimum absolute atomic E-state index is 0.321. The first-order valence-electron chi connectivity index (χ1n) is 2.29. The topological polar surface area (TPSA) is 72.8 Å². The average molecular weight is 132 g/mol. The summed E-state index contributed by atoms with van der Waals surface area (Å²) >= 11 is 0. The van der Waals surface area contributed by atoms with E-state index in [9.17, 15) is 9.59 Å². The summed E-state index contributed by atoms with van der Waals surface area (Å²) in [5, 5.41) is 8.57. The molecule has 0 saturated carbocycles. The van der Waals surface area contributed by atoms with Crippen LogP contribution in [0.1, 0.15) is 6.42 Å². The molecule has 1 N–H and O–H groups in total. The van der Waals surface area contributed by atoms with Crippen LogP contribution in [0.2, 0.25) is 0 Å². The lowest BCUT2D eigenvalue weighted by atomic mass is 10.2. The highest BCUT2D eigenvalue weighted by molar-refractivity contribution is 5.84. The summed E-state index contributed by atoms with van der Waals surface area (Å²) in [7, 11) is 0. The molecule has 1 rings (SSSR count). The lowest BCUT2D eigenvalue weighted by molar-refractivity contribution is -0.276. The van der Waals surface area contributed by atoms with Gasteiger partial charge in [-0.15, -0.1) is 0 Å². The Balaban J connectivity index is 2.54. The minimum Gasteiger partial charge on any atom is -0.381 e. The first kappa shape index (κ1) is 6.03. The smallest absolute Gasteiger partial charge is 0.381 e. The average Bonchev–Trinajstić information content (AvgIpc) is 1.80. The van der Waals surface area contributed by atoms with Gasteiger partial charge in [0.1, 0.15) is 0 Å². The van der Waals surface area contributed by atoms with Gasteiger partial charge in [0, 0.05) is 0 Å². The summed E-state index contributed by atoms with van der Waals surface area (Å²) in [6.45, 7) is 0. The van der Waals surface area contributed by atoms with Gasteiger partial charge in [0.2, 0.25) is 0 Å². The lowest BCUT2D eigenvalue weighted by Gasteiger charge is -2.12. The van der Waals surface area contributed by atoms with Gasteiger partial charge in [0.25, 0.3) is 0 Å². The Labute approximate surface area is 50.1 Å². The van der Waals surface area contributed by atoms with Crippen molar-refractivity contribution in [3.05, 3.63) is 0 Å². The molecule has 1 aliphatic rings. The Hall–Kier alpha value is -1.10. The molecule has 50 valence electrons. The van der Waals surface area contributed by atoms with Crippen LogP contribution in [0.25, 0.3) is 0 Å². The van der Waals surface area contributed by atoms with E-state index in [0.29, 0.717) is 0 Å². The number of aliphatic hydroxyl groups is 1. The SMILES string of the molecule is O=C1C[C@@H](O)C(=O)OO1. The maximum absolute atomic E-state index is 10.2. The van der Waals surface area contributed by atoms with Gasteiger partial charge < -0.3 is 5.11 Å². The molecule has 9 heavy (non-hydrogen) atoms. The third kappa shape index (κ3) is 1.17. The summed E-state index contributed by atoms with van der Waals surface area (Å²) in [5.41, 5.74) is 0. The highest BCUT2D eigenvalue weighted by atomic mass is 17.2. The van der Waals surface area contributed by atoms with E-state index in [1.165, 1.54) is 0 Å². The zero-order chi connectivity index (χ0) is 6.85. The van der Waals surface area contributed by atoms with Crippen LogP contribution in [0.5, 0.6) is 0 Å². The molecular formula is C4H4O5. The standard InChI is InChI=1S/C4H4O5/c5-2-1-3(6)8-9-4(2)7/h2,5H,1H2/t2-/m1/s1. The second kappa shape index (κ2) is 2.02. The van der Waals surface area contributed by atoms with Crippen LogP contribution in [0.3, 0.4) is 0 Å². The highest BCUT2D eigenvalue weighted by Gasteiger charge is 2.29. The van der Waals surface area contributed by atoms with Crippen LogP contribution in [0.4, 0.5) is 0 Å². The third-order valence-corrected chi connectivity index (χ3v) is 0.849. The molecule has 1 atom stereocenters. The van der Waals surface area contributed by atoms with Crippen molar-refractivity contribution in [1.29, 1.82) is 0 Å². The van der Waals surface area contributed by atoms with E-state index in [-0.39, 0.29) is 6.42 Å². The second-order valence-corrected chi connectivity index (χ2v) is 1.58. The Morgan fingerprint density at radius 1 is 1.44 bits per heavy atom. The van der Waals surface area contributed by atoms with Crippen molar-refractivity contribution in [1.82, 2.24) is 0 Å². The second-order valence-electron chi connectivity index (χ2n) is 1.58. The van der Waals surface area contributed by atoms with E-state index in [1.54, 1.807) is 0 Å². The molecule has 0 spiro atoms.